The molecule has 0 saturated heterocycles. The van der Waals surface area contributed by atoms with Gasteiger partial charge >= 0.3 is 0 Å². The van der Waals surface area contributed by atoms with Crippen LogP contribution in [0.15, 0.2) is 35.1 Å². The highest BCUT2D eigenvalue weighted by atomic mass is 35.5. The average Bonchev–Trinajstić information content (AvgIpc) is 2.88. The summed E-state index contributed by atoms with van der Waals surface area (Å²) in [5, 5.41) is 0.338. The molecule has 86 valence electrons. The summed E-state index contributed by atoms with van der Waals surface area (Å²) in [6.07, 6.45) is 3.97. The number of halogens is 1. The largest absolute Gasteiger partial charge is 0.469 e. The molecule has 17 heavy (non-hydrogen) atoms. The van der Waals surface area contributed by atoms with Gasteiger partial charge < -0.3 is 10.2 Å². The fourth-order valence-electron chi connectivity index (χ4n) is 1.77. The first kappa shape index (κ1) is 10.2. The van der Waals surface area contributed by atoms with E-state index in [1.165, 1.54) is 0 Å². The van der Waals surface area contributed by atoms with Crippen LogP contribution in [0.4, 0.5) is 5.82 Å². The smallest absolute Gasteiger partial charge is 0.237 e. The Hall–Kier alpha value is -2.01. The maximum Gasteiger partial charge on any atom is 0.237 e. The minimum Gasteiger partial charge on any atom is -0.469 e. The average molecular weight is 249 g/mol. The summed E-state index contributed by atoms with van der Waals surface area (Å²) < 4.78 is 7.05. The van der Waals surface area contributed by atoms with Gasteiger partial charge in [-0.2, -0.15) is 0 Å². The molecule has 0 radical (unpaired) electrons. The van der Waals surface area contributed by atoms with Crippen LogP contribution in [-0.4, -0.2) is 14.4 Å². The van der Waals surface area contributed by atoms with Gasteiger partial charge in [0.05, 0.1) is 18.2 Å². The number of anilines is 1. The highest BCUT2D eigenvalue weighted by Gasteiger charge is 2.10. The van der Waals surface area contributed by atoms with Crippen molar-refractivity contribution >= 4 is 23.2 Å². The van der Waals surface area contributed by atoms with Gasteiger partial charge in [0.1, 0.15) is 16.7 Å². The van der Waals surface area contributed by atoms with Crippen LogP contribution in [0.1, 0.15) is 11.5 Å². The summed E-state index contributed by atoms with van der Waals surface area (Å²) in [7, 11) is 0. The number of nitrogens with zero attached hydrogens (tertiary/aromatic N) is 3. The zero-order valence-corrected chi connectivity index (χ0v) is 9.55. The van der Waals surface area contributed by atoms with E-state index in [0.29, 0.717) is 23.2 Å². The molecule has 0 aliphatic rings. The molecule has 2 N–H and O–H groups in total. The van der Waals surface area contributed by atoms with E-state index in [9.17, 15) is 0 Å². The first-order valence-electron chi connectivity index (χ1n) is 5.05. The van der Waals surface area contributed by atoms with Gasteiger partial charge in [0.2, 0.25) is 5.78 Å². The van der Waals surface area contributed by atoms with Crippen molar-refractivity contribution in [3.8, 4) is 0 Å². The van der Waals surface area contributed by atoms with Crippen molar-refractivity contribution in [2.75, 3.05) is 5.73 Å². The molecule has 6 heteroatoms. The van der Waals surface area contributed by atoms with Crippen LogP contribution < -0.4 is 5.73 Å². The zero-order valence-electron chi connectivity index (χ0n) is 8.80. The Kier molecular flexibility index (Phi) is 2.26. The van der Waals surface area contributed by atoms with E-state index in [2.05, 4.69) is 9.97 Å². The predicted octanol–water partition coefficient (Wildman–Crippen LogP) is 2.15. The SMILES string of the molecule is Nc1cc(Cl)nc2ncc(Cc3ccco3)n12. The van der Waals surface area contributed by atoms with Gasteiger partial charge in [-0.25, -0.2) is 9.97 Å². The highest BCUT2D eigenvalue weighted by Crippen LogP contribution is 2.18. The lowest BCUT2D eigenvalue weighted by Crippen LogP contribution is -2.02. The topological polar surface area (TPSA) is 69.3 Å². The third kappa shape index (κ3) is 1.74. The van der Waals surface area contributed by atoms with Gasteiger partial charge in [0.25, 0.3) is 0 Å². The Bertz CT molecular complexity index is 659. The Morgan fingerprint density at radius 1 is 1.47 bits per heavy atom. The van der Waals surface area contributed by atoms with Gasteiger partial charge in [-0.05, 0) is 12.1 Å². The maximum absolute atomic E-state index is 5.90. The number of imidazole rings is 1. The first-order valence-corrected chi connectivity index (χ1v) is 5.42. The second-order valence-electron chi connectivity index (χ2n) is 3.64. The fourth-order valence-corrected chi connectivity index (χ4v) is 1.95. The van der Waals surface area contributed by atoms with Gasteiger partial charge in [-0.3, -0.25) is 4.40 Å². The van der Waals surface area contributed by atoms with E-state index >= 15 is 0 Å². The van der Waals surface area contributed by atoms with E-state index in [1.807, 2.05) is 12.1 Å². The van der Waals surface area contributed by atoms with Gasteiger partial charge in [0.15, 0.2) is 0 Å². The van der Waals surface area contributed by atoms with E-state index in [0.717, 1.165) is 11.5 Å². The first-order chi connectivity index (χ1) is 8.24. The van der Waals surface area contributed by atoms with Crippen LogP contribution in [0.5, 0.6) is 0 Å². The molecule has 0 atom stereocenters. The van der Waals surface area contributed by atoms with Crippen LogP contribution in [0.25, 0.3) is 5.78 Å². The lowest BCUT2D eigenvalue weighted by molar-refractivity contribution is 0.519. The molecule has 0 aliphatic heterocycles. The molecular weight excluding hydrogens is 240 g/mol. The van der Waals surface area contributed by atoms with E-state index in [-0.39, 0.29) is 0 Å². The van der Waals surface area contributed by atoms with Crippen molar-refractivity contribution in [1.82, 2.24) is 14.4 Å². The molecule has 0 bridgehead atoms. The van der Waals surface area contributed by atoms with E-state index in [1.54, 1.807) is 22.9 Å². The number of furan rings is 1. The number of fused-ring (bicyclic) bond motifs is 1. The minimum atomic E-state index is 0.338. The molecule has 3 heterocycles. The Balaban J connectivity index is 2.12. The van der Waals surface area contributed by atoms with Crippen molar-refractivity contribution in [2.45, 2.75) is 6.42 Å². The summed E-state index contributed by atoms with van der Waals surface area (Å²) >= 11 is 5.81. The molecule has 3 aromatic rings. The highest BCUT2D eigenvalue weighted by molar-refractivity contribution is 6.29. The molecule has 0 aromatic carbocycles. The lowest BCUT2D eigenvalue weighted by Gasteiger charge is -2.03. The number of rotatable bonds is 2. The molecule has 0 fully saturated rings. The van der Waals surface area contributed by atoms with Crippen LogP contribution in [-0.2, 0) is 6.42 Å². The second kappa shape index (κ2) is 3.78. The summed E-state index contributed by atoms with van der Waals surface area (Å²) in [5.41, 5.74) is 6.81. The van der Waals surface area contributed by atoms with E-state index < -0.39 is 0 Å². The van der Waals surface area contributed by atoms with Gasteiger partial charge in [0, 0.05) is 12.5 Å². The molecule has 0 saturated carbocycles. The van der Waals surface area contributed by atoms with Crippen molar-refractivity contribution in [3.63, 3.8) is 0 Å². The summed E-state index contributed by atoms with van der Waals surface area (Å²) in [6, 6.07) is 5.35. The predicted molar refractivity (Wildman–Crippen MR) is 63.9 cm³/mol. The normalized spacial score (nSPS) is 11.1. The number of aromatic nitrogens is 3. The summed E-state index contributed by atoms with van der Waals surface area (Å²) in [5.74, 6) is 1.86. The number of hydrogen-bond donors (Lipinski definition) is 1. The fraction of sp³-hybridized carbons (Fsp3) is 0.0909. The molecule has 0 aliphatic carbocycles. The molecule has 3 rings (SSSR count). The quantitative estimate of drug-likeness (QED) is 0.706. The van der Waals surface area contributed by atoms with E-state index in [4.69, 9.17) is 21.8 Å². The molecule has 3 aromatic heterocycles. The second-order valence-corrected chi connectivity index (χ2v) is 4.03. The Morgan fingerprint density at radius 3 is 3.12 bits per heavy atom. The Labute approximate surface area is 102 Å². The van der Waals surface area contributed by atoms with Gasteiger partial charge in [-0.15, -0.1) is 0 Å². The molecule has 0 amide bonds. The van der Waals surface area contributed by atoms with Crippen molar-refractivity contribution in [3.05, 3.63) is 47.3 Å². The minimum absolute atomic E-state index is 0.338. The summed E-state index contributed by atoms with van der Waals surface area (Å²) in [6.45, 7) is 0. The molecule has 0 spiro atoms. The molecular formula is C11H9ClN4O. The van der Waals surface area contributed by atoms with Crippen molar-refractivity contribution in [1.29, 1.82) is 0 Å². The standard InChI is InChI=1S/C11H9ClN4O/c12-9-5-10(13)16-7(6-14-11(16)15-9)4-8-2-1-3-17-8/h1-3,5-6H,4,13H2. The number of nitrogens with two attached hydrogens (primary N) is 1. The monoisotopic (exact) mass is 248 g/mol. The van der Waals surface area contributed by atoms with Crippen LogP contribution in [0.3, 0.4) is 0 Å². The maximum atomic E-state index is 5.90. The lowest BCUT2D eigenvalue weighted by atomic mass is 10.2. The number of nitrogen functional groups attached to an aromatic ring is 1. The van der Waals surface area contributed by atoms with Crippen LogP contribution >= 0.6 is 11.6 Å². The van der Waals surface area contributed by atoms with Crippen LogP contribution in [0, 0.1) is 0 Å². The van der Waals surface area contributed by atoms with Crippen molar-refractivity contribution in [2.24, 2.45) is 0 Å². The third-order valence-electron chi connectivity index (χ3n) is 2.48. The van der Waals surface area contributed by atoms with Gasteiger partial charge in [-0.1, -0.05) is 11.6 Å². The zero-order chi connectivity index (χ0) is 11.8. The van der Waals surface area contributed by atoms with Crippen molar-refractivity contribution < 1.29 is 4.42 Å². The Morgan fingerprint density at radius 2 is 2.35 bits per heavy atom. The summed E-state index contributed by atoms with van der Waals surface area (Å²) in [4.78, 5) is 8.26. The van der Waals surface area contributed by atoms with Crippen LogP contribution in [0.2, 0.25) is 5.15 Å². The number of hydrogen-bond acceptors (Lipinski definition) is 4. The molecule has 5 nitrogen and oxygen atoms in total. The molecule has 0 unspecified atom stereocenters. The third-order valence-corrected chi connectivity index (χ3v) is 2.68.